The maximum Gasteiger partial charge on any atom is 0.225 e. The average Bonchev–Trinajstić information content (AvgIpc) is 2.45. The fraction of sp³-hybridized carbons (Fsp3) is 0.538. The van der Waals surface area contributed by atoms with Crippen molar-refractivity contribution in [3.8, 4) is 0 Å². The molecule has 0 aliphatic rings. The van der Waals surface area contributed by atoms with E-state index in [0.29, 0.717) is 22.7 Å². The molecule has 2 heterocycles. The van der Waals surface area contributed by atoms with E-state index in [4.69, 9.17) is 23.2 Å². The van der Waals surface area contributed by atoms with Gasteiger partial charge in [-0.1, -0.05) is 6.92 Å². The minimum absolute atomic E-state index is 0.0678. The standard InChI is InChI=1S/C13H18Cl2N6O/c1-4-5-16-10-8-9(19-12(14)20-10)11(21-13(15)18-8)17-6(2)7(3)22/h6-7,22H,4-5H2,1-3H3,(H,16,19,20)(H,17,18,21). The Balaban J connectivity index is 2.54. The SMILES string of the molecule is CCCNc1nc(Cl)nc2c(NC(C)C(C)O)nc(Cl)nc12. The Morgan fingerprint density at radius 3 is 2.09 bits per heavy atom. The molecule has 120 valence electrons. The predicted octanol–water partition coefficient (Wildman–Crippen LogP) is 2.73. The van der Waals surface area contributed by atoms with Crippen LogP contribution in [0.3, 0.4) is 0 Å². The molecule has 7 nitrogen and oxygen atoms in total. The molecule has 0 saturated carbocycles. The number of aliphatic hydroxyl groups excluding tert-OH is 1. The van der Waals surface area contributed by atoms with E-state index in [9.17, 15) is 5.11 Å². The van der Waals surface area contributed by atoms with Gasteiger partial charge in [-0.3, -0.25) is 0 Å². The zero-order valence-electron chi connectivity index (χ0n) is 12.6. The molecule has 0 bridgehead atoms. The van der Waals surface area contributed by atoms with Crippen LogP contribution in [-0.4, -0.2) is 43.7 Å². The number of rotatable bonds is 6. The normalized spacial score (nSPS) is 13.9. The van der Waals surface area contributed by atoms with Gasteiger partial charge in [-0.2, -0.15) is 9.97 Å². The largest absolute Gasteiger partial charge is 0.391 e. The van der Waals surface area contributed by atoms with Crippen molar-refractivity contribution < 1.29 is 5.11 Å². The molecule has 2 rings (SSSR count). The van der Waals surface area contributed by atoms with E-state index >= 15 is 0 Å². The third-order valence-electron chi connectivity index (χ3n) is 3.12. The highest BCUT2D eigenvalue weighted by molar-refractivity contribution is 6.30. The summed E-state index contributed by atoms with van der Waals surface area (Å²) in [6, 6.07) is -0.241. The summed E-state index contributed by atoms with van der Waals surface area (Å²) in [4.78, 5) is 16.7. The Morgan fingerprint density at radius 2 is 1.55 bits per heavy atom. The van der Waals surface area contributed by atoms with Gasteiger partial charge >= 0.3 is 0 Å². The number of halogens is 2. The lowest BCUT2D eigenvalue weighted by molar-refractivity contribution is 0.178. The number of hydrogen-bond acceptors (Lipinski definition) is 7. The van der Waals surface area contributed by atoms with Crippen LogP contribution in [0, 0.1) is 0 Å². The van der Waals surface area contributed by atoms with Crippen molar-refractivity contribution >= 4 is 45.9 Å². The number of aliphatic hydroxyl groups is 1. The Morgan fingerprint density at radius 1 is 1.00 bits per heavy atom. The number of anilines is 2. The summed E-state index contributed by atoms with van der Waals surface area (Å²) in [7, 11) is 0. The number of hydrogen-bond donors (Lipinski definition) is 3. The molecular weight excluding hydrogens is 327 g/mol. The second-order valence-electron chi connectivity index (χ2n) is 4.98. The highest BCUT2D eigenvalue weighted by Crippen LogP contribution is 2.27. The Bertz CT molecular complexity index is 667. The smallest absolute Gasteiger partial charge is 0.225 e. The van der Waals surface area contributed by atoms with E-state index in [2.05, 4.69) is 30.6 Å². The van der Waals surface area contributed by atoms with Crippen molar-refractivity contribution in [2.45, 2.75) is 39.3 Å². The van der Waals surface area contributed by atoms with Gasteiger partial charge in [0.15, 0.2) is 11.6 Å². The average molecular weight is 345 g/mol. The Kier molecular flexibility index (Phi) is 5.55. The summed E-state index contributed by atoms with van der Waals surface area (Å²) in [6.07, 6.45) is 0.352. The van der Waals surface area contributed by atoms with Crippen LogP contribution in [0.1, 0.15) is 27.2 Å². The fourth-order valence-electron chi connectivity index (χ4n) is 1.76. The van der Waals surface area contributed by atoms with Crippen molar-refractivity contribution in [3.05, 3.63) is 10.6 Å². The Hall–Kier alpha value is -1.44. The lowest BCUT2D eigenvalue weighted by atomic mass is 10.2. The van der Waals surface area contributed by atoms with E-state index in [-0.39, 0.29) is 16.6 Å². The fourth-order valence-corrected chi connectivity index (χ4v) is 2.10. The first-order valence-corrected chi connectivity index (χ1v) is 7.77. The van der Waals surface area contributed by atoms with E-state index in [1.54, 1.807) is 6.92 Å². The van der Waals surface area contributed by atoms with Gasteiger partial charge in [0.05, 0.1) is 12.1 Å². The summed E-state index contributed by atoms with van der Waals surface area (Å²) in [5, 5.41) is 16.0. The first-order chi connectivity index (χ1) is 10.4. The van der Waals surface area contributed by atoms with Crippen LogP contribution in [-0.2, 0) is 0 Å². The molecule has 0 aliphatic carbocycles. The third kappa shape index (κ3) is 3.85. The molecule has 0 fully saturated rings. The lowest BCUT2D eigenvalue weighted by Gasteiger charge is -2.18. The van der Waals surface area contributed by atoms with Crippen molar-refractivity contribution in [2.75, 3.05) is 17.2 Å². The van der Waals surface area contributed by atoms with Gasteiger partial charge in [0.1, 0.15) is 11.0 Å². The van der Waals surface area contributed by atoms with Gasteiger partial charge in [0, 0.05) is 6.54 Å². The lowest BCUT2D eigenvalue weighted by Crippen LogP contribution is -2.28. The maximum absolute atomic E-state index is 9.64. The molecule has 22 heavy (non-hydrogen) atoms. The summed E-state index contributed by atoms with van der Waals surface area (Å²) < 4.78 is 0. The Labute approximate surface area is 138 Å². The molecule has 2 aromatic heterocycles. The number of aromatic nitrogens is 4. The van der Waals surface area contributed by atoms with E-state index in [0.717, 1.165) is 13.0 Å². The van der Waals surface area contributed by atoms with E-state index < -0.39 is 6.10 Å². The molecule has 9 heteroatoms. The van der Waals surface area contributed by atoms with Gasteiger partial charge < -0.3 is 15.7 Å². The number of nitrogens with one attached hydrogen (secondary N) is 2. The minimum Gasteiger partial charge on any atom is -0.391 e. The zero-order chi connectivity index (χ0) is 16.3. The molecule has 0 radical (unpaired) electrons. The second kappa shape index (κ2) is 7.21. The highest BCUT2D eigenvalue weighted by Gasteiger charge is 2.17. The molecule has 2 unspecified atom stereocenters. The maximum atomic E-state index is 9.64. The molecule has 2 aromatic rings. The summed E-state index contributed by atoms with van der Waals surface area (Å²) in [5.74, 6) is 0.918. The topological polar surface area (TPSA) is 95.9 Å². The number of nitrogens with zero attached hydrogens (tertiary/aromatic N) is 4. The number of fused-ring (bicyclic) bond motifs is 1. The molecule has 0 spiro atoms. The molecule has 0 aromatic carbocycles. The minimum atomic E-state index is -0.571. The third-order valence-corrected chi connectivity index (χ3v) is 3.46. The molecule has 2 atom stereocenters. The van der Waals surface area contributed by atoms with Crippen molar-refractivity contribution in [1.29, 1.82) is 0 Å². The second-order valence-corrected chi connectivity index (χ2v) is 5.66. The first kappa shape index (κ1) is 16.9. The van der Waals surface area contributed by atoms with Crippen LogP contribution in [0.5, 0.6) is 0 Å². The van der Waals surface area contributed by atoms with Crippen LogP contribution in [0.2, 0.25) is 10.6 Å². The van der Waals surface area contributed by atoms with Crippen molar-refractivity contribution in [3.63, 3.8) is 0 Å². The summed E-state index contributed by atoms with van der Waals surface area (Å²) in [6.45, 7) is 6.26. The van der Waals surface area contributed by atoms with E-state index in [1.165, 1.54) is 0 Å². The van der Waals surface area contributed by atoms with Gasteiger partial charge in [0.2, 0.25) is 10.6 Å². The summed E-state index contributed by atoms with van der Waals surface area (Å²) >= 11 is 12.0. The summed E-state index contributed by atoms with van der Waals surface area (Å²) in [5.41, 5.74) is 0.939. The first-order valence-electron chi connectivity index (χ1n) is 7.01. The van der Waals surface area contributed by atoms with E-state index in [1.807, 2.05) is 13.8 Å². The molecule has 0 saturated heterocycles. The van der Waals surface area contributed by atoms with Crippen LogP contribution >= 0.6 is 23.2 Å². The van der Waals surface area contributed by atoms with Crippen molar-refractivity contribution in [1.82, 2.24) is 19.9 Å². The van der Waals surface area contributed by atoms with Crippen LogP contribution in [0.15, 0.2) is 0 Å². The van der Waals surface area contributed by atoms with Crippen molar-refractivity contribution in [2.24, 2.45) is 0 Å². The monoisotopic (exact) mass is 344 g/mol. The highest BCUT2D eigenvalue weighted by atomic mass is 35.5. The predicted molar refractivity (Wildman–Crippen MR) is 88.7 cm³/mol. The van der Waals surface area contributed by atoms with Gasteiger partial charge in [-0.05, 0) is 43.5 Å². The van der Waals surface area contributed by atoms with Crippen LogP contribution in [0.25, 0.3) is 11.0 Å². The van der Waals surface area contributed by atoms with Gasteiger partial charge in [-0.25, -0.2) is 9.97 Å². The molecule has 0 amide bonds. The molecular formula is C13H18Cl2N6O. The van der Waals surface area contributed by atoms with Crippen LogP contribution < -0.4 is 10.6 Å². The van der Waals surface area contributed by atoms with Gasteiger partial charge in [-0.15, -0.1) is 0 Å². The quantitative estimate of drug-likeness (QED) is 0.693. The van der Waals surface area contributed by atoms with Gasteiger partial charge in [0.25, 0.3) is 0 Å². The zero-order valence-corrected chi connectivity index (χ0v) is 14.1. The molecule has 3 N–H and O–H groups in total. The van der Waals surface area contributed by atoms with Crippen LogP contribution in [0.4, 0.5) is 11.6 Å². The molecule has 0 aliphatic heterocycles.